The number of hydrogen-bond donors (Lipinski definition) is 1. The van der Waals surface area contributed by atoms with Crippen molar-refractivity contribution in [2.24, 2.45) is 11.3 Å². The number of fused-ring (bicyclic) bond motifs is 5. The topological polar surface area (TPSA) is 26.0 Å². The summed E-state index contributed by atoms with van der Waals surface area (Å²) in [5, 5.41) is 2.55. The van der Waals surface area contributed by atoms with E-state index in [2.05, 4.69) is 30.3 Å². The molecule has 2 unspecified atom stereocenters. The first kappa shape index (κ1) is 11.9. The molecule has 0 saturated heterocycles. The third-order valence-corrected chi connectivity index (χ3v) is 6.31. The zero-order valence-corrected chi connectivity index (χ0v) is 12.4. The summed E-state index contributed by atoms with van der Waals surface area (Å²) in [5.74, 6) is 0.928. The summed E-state index contributed by atoms with van der Waals surface area (Å²) in [6, 6.07) is 11.1. The lowest BCUT2D eigenvalue weighted by Crippen LogP contribution is -2.33. The van der Waals surface area contributed by atoms with Gasteiger partial charge in [-0.05, 0) is 78.5 Å². The molecular weight excluding hydrogens is 254 g/mol. The molecular formula is C20H21N. The van der Waals surface area contributed by atoms with Gasteiger partial charge in [0.05, 0.1) is 0 Å². The summed E-state index contributed by atoms with van der Waals surface area (Å²) in [6.45, 7) is 0. The average Bonchev–Trinajstić information content (AvgIpc) is 3.07. The number of nitrogens with two attached hydrogens (primary N) is 1. The summed E-state index contributed by atoms with van der Waals surface area (Å²) < 4.78 is 0. The van der Waals surface area contributed by atoms with Crippen LogP contribution >= 0.6 is 0 Å². The van der Waals surface area contributed by atoms with Crippen LogP contribution < -0.4 is 5.73 Å². The first-order valence-electron chi connectivity index (χ1n) is 8.21. The number of benzene rings is 2. The predicted octanol–water partition coefficient (Wildman–Crippen LogP) is 4.64. The van der Waals surface area contributed by atoms with E-state index in [9.17, 15) is 0 Å². The maximum atomic E-state index is 6.15. The largest absolute Gasteiger partial charge is 0.398 e. The van der Waals surface area contributed by atoms with Crippen molar-refractivity contribution < 1.29 is 0 Å². The van der Waals surface area contributed by atoms with E-state index in [1.807, 2.05) is 6.07 Å². The molecule has 1 spiro atoms. The Morgan fingerprint density at radius 2 is 2.05 bits per heavy atom. The minimum absolute atomic E-state index is 0.588. The maximum absolute atomic E-state index is 6.15. The van der Waals surface area contributed by atoms with E-state index in [1.165, 1.54) is 49.3 Å². The van der Waals surface area contributed by atoms with Crippen LogP contribution in [0.4, 0.5) is 5.69 Å². The first-order valence-corrected chi connectivity index (χ1v) is 8.21. The van der Waals surface area contributed by atoms with Crippen molar-refractivity contribution in [3.63, 3.8) is 0 Å². The molecule has 0 radical (unpaired) electrons. The summed E-state index contributed by atoms with van der Waals surface area (Å²) >= 11 is 0. The smallest absolute Gasteiger partial charge is 0.0393 e. The first-order chi connectivity index (χ1) is 10.2. The predicted molar refractivity (Wildman–Crippen MR) is 88.2 cm³/mol. The van der Waals surface area contributed by atoms with Crippen molar-refractivity contribution in [2.75, 3.05) is 5.73 Å². The fraction of sp³-hybridized carbons (Fsp3) is 0.400. The minimum atomic E-state index is 0.588. The Morgan fingerprint density at radius 1 is 1.10 bits per heavy atom. The van der Waals surface area contributed by atoms with E-state index in [0.29, 0.717) is 5.41 Å². The van der Waals surface area contributed by atoms with E-state index in [-0.39, 0.29) is 0 Å². The van der Waals surface area contributed by atoms with E-state index in [4.69, 9.17) is 5.73 Å². The van der Waals surface area contributed by atoms with Gasteiger partial charge in [-0.15, -0.1) is 0 Å². The Hall–Kier alpha value is -1.76. The molecule has 0 aromatic heterocycles. The van der Waals surface area contributed by atoms with Crippen LogP contribution in [0.1, 0.15) is 36.8 Å². The molecule has 1 nitrogen and oxygen atoms in total. The third-order valence-electron chi connectivity index (χ3n) is 6.31. The highest BCUT2D eigenvalue weighted by Crippen LogP contribution is 2.58. The zero-order valence-electron chi connectivity index (χ0n) is 12.4. The minimum Gasteiger partial charge on any atom is -0.398 e. The fourth-order valence-corrected chi connectivity index (χ4v) is 5.19. The molecule has 21 heavy (non-hydrogen) atoms. The van der Waals surface area contributed by atoms with E-state index in [0.717, 1.165) is 11.6 Å². The van der Waals surface area contributed by atoms with Crippen LogP contribution in [0.15, 0.2) is 42.0 Å². The van der Waals surface area contributed by atoms with Gasteiger partial charge < -0.3 is 5.73 Å². The van der Waals surface area contributed by atoms with Crippen molar-refractivity contribution in [1.29, 1.82) is 0 Å². The third kappa shape index (κ3) is 1.58. The van der Waals surface area contributed by atoms with E-state index < -0.39 is 0 Å². The van der Waals surface area contributed by atoms with Gasteiger partial charge in [0.1, 0.15) is 0 Å². The quantitative estimate of drug-likeness (QED) is 0.550. The van der Waals surface area contributed by atoms with Crippen molar-refractivity contribution in [2.45, 2.75) is 38.5 Å². The Kier molecular flexibility index (Phi) is 2.21. The van der Waals surface area contributed by atoms with Gasteiger partial charge in [0, 0.05) is 11.1 Å². The van der Waals surface area contributed by atoms with Gasteiger partial charge in [-0.3, -0.25) is 0 Å². The maximum Gasteiger partial charge on any atom is 0.0393 e. The van der Waals surface area contributed by atoms with Crippen LogP contribution in [0.5, 0.6) is 0 Å². The van der Waals surface area contributed by atoms with Crippen molar-refractivity contribution in [3.05, 3.63) is 53.1 Å². The lowest BCUT2D eigenvalue weighted by molar-refractivity contribution is 0.169. The van der Waals surface area contributed by atoms with E-state index in [1.54, 1.807) is 16.7 Å². The molecule has 0 amide bonds. The Morgan fingerprint density at radius 3 is 2.86 bits per heavy atom. The molecule has 106 valence electrons. The lowest BCUT2D eigenvalue weighted by atomic mass is 9.64. The molecule has 2 aromatic rings. The van der Waals surface area contributed by atoms with Crippen LogP contribution in [0, 0.1) is 11.3 Å². The molecule has 2 atom stereocenters. The molecule has 3 aliphatic rings. The normalized spacial score (nSPS) is 29.9. The second-order valence-electron chi connectivity index (χ2n) is 7.40. The number of nitrogen functional groups attached to an aromatic ring is 1. The summed E-state index contributed by atoms with van der Waals surface area (Å²) in [5.41, 5.74) is 12.5. The number of allylic oxidation sites excluding steroid dienone is 2. The molecule has 5 rings (SSSR count). The van der Waals surface area contributed by atoms with E-state index >= 15 is 0 Å². The second kappa shape index (κ2) is 3.91. The van der Waals surface area contributed by atoms with Gasteiger partial charge in [0.15, 0.2) is 0 Å². The molecule has 3 aliphatic carbocycles. The van der Waals surface area contributed by atoms with Gasteiger partial charge in [0.2, 0.25) is 0 Å². The molecule has 0 aliphatic heterocycles. The number of rotatable bonds is 0. The Bertz CT molecular complexity index is 786. The van der Waals surface area contributed by atoms with Crippen LogP contribution in [-0.4, -0.2) is 0 Å². The van der Waals surface area contributed by atoms with Gasteiger partial charge in [0.25, 0.3) is 0 Å². The lowest BCUT2D eigenvalue weighted by Gasteiger charge is -2.40. The van der Waals surface area contributed by atoms with Crippen LogP contribution in [0.3, 0.4) is 0 Å². The second-order valence-corrected chi connectivity index (χ2v) is 7.40. The summed E-state index contributed by atoms with van der Waals surface area (Å²) in [4.78, 5) is 0. The highest BCUT2D eigenvalue weighted by Gasteiger charge is 2.48. The van der Waals surface area contributed by atoms with Gasteiger partial charge in [-0.1, -0.05) is 29.8 Å². The SMILES string of the molecule is Nc1cccc2cc3c(cc12)CCC1(CC2=CCC1C2)C3. The average molecular weight is 275 g/mol. The van der Waals surface area contributed by atoms with Crippen LogP contribution in [-0.2, 0) is 12.8 Å². The highest BCUT2D eigenvalue weighted by molar-refractivity contribution is 5.94. The summed E-state index contributed by atoms with van der Waals surface area (Å²) in [6.07, 6.45) is 10.5. The Labute approximate surface area is 125 Å². The molecule has 2 bridgehead atoms. The van der Waals surface area contributed by atoms with Crippen molar-refractivity contribution in [1.82, 2.24) is 0 Å². The molecule has 2 aromatic carbocycles. The number of aryl methyl sites for hydroxylation is 1. The summed E-state index contributed by atoms with van der Waals surface area (Å²) in [7, 11) is 0. The van der Waals surface area contributed by atoms with Gasteiger partial charge >= 0.3 is 0 Å². The Balaban J connectivity index is 1.62. The van der Waals surface area contributed by atoms with Crippen molar-refractivity contribution >= 4 is 16.5 Å². The monoisotopic (exact) mass is 275 g/mol. The molecule has 1 heteroatoms. The molecule has 1 saturated carbocycles. The molecule has 0 heterocycles. The zero-order chi connectivity index (χ0) is 14.0. The number of anilines is 1. The van der Waals surface area contributed by atoms with Gasteiger partial charge in [-0.2, -0.15) is 0 Å². The molecule has 2 N–H and O–H groups in total. The van der Waals surface area contributed by atoms with Gasteiger partial charge in [-0.25, -0.2) is 0 Å². The molecule has 1 fully saturated rings. The van der Waals surface area contributed by atoms with Crippen molar-refractivity contribution in [3.8, 4) is 0 Å². The highest BCUT2D eigenvalue weighted by atomic mass is 14.6. The number of hydrogen-bond acceptors (Lipinski definition) is 1. The standard InChI is InChI=1S/C20H21N/c21-19-3-1-2-15-9-16-12-20(7-6-14(16)10-18(15)19)11-13-4-5-17(20)8-13/h1-4,9-10,17H,5-8,11-12,21H2. The van der Waals surface area contributed by atoms with Crippen LogP contribution in [0.25, 0.3) is 10.8 Å². The van der Waals surface area contributed by atoms with Crippen LogP contribution in [0.2, 0.25) is 0 Å². The fourth-order valence-electron chi connectivity index (χ4n) is 5.19.